The second kappa shape index (κ2) is 6.20. The van der Waals surface area contributed by atoms with E-state index in [2.05, 4.69) is 4.72 Å². The molecule has 1 amide bonds. The van der Waals surface area contributed by atoms with E-state index in [1.165, 1.54) is 16.8 Å². The molecule has 2 rings (SSSR count). The largest absolute Gasteiger partial charge is 0.345 e. The predicted molar refractivity (Wildman–Crippen MR) is 83.7 cm³/mol. The molecule has 0 saturated heterocycles. The molecule has 8 heteroatoms. The van der Waals surface area contributed by atoms with Gasteiger partial charge >= 0.3 is 0 Å². The van der Waals surface area contributed by atoms with Gasteiger partial charge in [0.25, 0.3) is 15.9 Å². The van der Waals surface area contributed by atoms with E-state index in [0.717, 1.165) is 5.56 Å². The number of rotatable bonds is 5. The van der Waals surface area contributed by atoms with Gasteiger partial charge in [-0.15, -0.1) is 0 Å². The average Bonchev–Trinajstić information content (AvgIpc) is 2.89. The minimum atomic E-state index is -3.78. The van der Waals surface area contributed by atoms with Crippen LogP contribution in [0.25, 0.3) is 0 Å². The van der Waals surface area contributed by atoms with Crippen LogP contribution in [-0.4, -0.2) is 18.9 Å². The number of nitrogen functional groups attached to an aromatic ring is 1. The Labute approximate surface area is 129 Å². The molecule has 1 heterocycles. The lowest BCUT2D eigenvalue weighted by Gasteiger charge is -2.10. The molecular weight excluding hydrogens is 304 g/mol. The van der Waals surface area contributed by atoms with Crippen molar-refractivity contribution >= 4 is 21.6 Å². The first kappa shape index (κ1) is 16.1. The van der Waals surface area contributed by atoms with E-state index in [4.69, 9.17) is 5.84 Å². The van der Waals surface area contributed by atoms with Crippen LogP contribution >= 0.6 is 0 Å². The van der Waals surface area contributed by atoms with Crippen LogP contribution < -0.4 is 16.0 Å². The van der Waals surface area contributed by atoms with E-state index in [1.807, 2.05) is 24.5 Å². The van der Waals surface area contributed by atoms with E-state index in [1.54, 1.807) is 19.2 Å². The SMILES string of the molecule is CCc1ccccc1NS(=O)(=O)c1cc(C(=O)NN)n(C)c1. The molecule has 0 radical (unpaired) electrons. The molecule has 22 heavy (non-hydrogen) atoms. The van der Waals surface area contributed by atoms with Crippen molar-refractivity contribution in [2.75, 3.05) is 4.72 Å². The van der Waals surface area contributed by atoms with Crippen molar-refractivity contribution in [1.29, 1.82) is 0 Å². The first-order chi connectivity index (χ1) is 10.4. The Balaban J connectivity index is 2.37. The zero-order chi connectivity index (χ0) is 16.3. The lowest BCUT2D eigenvalue weighted by Crippen LogP contribution is -2.31. The highest BCUT2D eigenvalue weighted by molar-refractivity contribution is 7.92. The summed E-state index contributed by atoms with van der Waals surface area (Å²) >= 11 is 0. The number of sulfonamides is 1. The Morgan fingerprint density at radius 2 is 2.00 bits per heavy atom. The molecule has 0 saturated carbocycles. The third-order valence-electron chi connectivity index (χ3n) is 3.30. The summed E-state index contributed by atoms with van der Waals surface area (Å²) in [4.78, 5) is 11.6. The minimum absolute atomic E-state index is 0.000457. The highest BCUT2D eigenvalue weighted by Gasteiger charge is 2.21. The molecule has 118 valence electrons. The van der Waals surface area contributed by atoms with E-state index < -0.39 is 15.9 Å². The van der Waals surface area contributed by atoms with Gasteiger partial charge in [-0.2, -0.15) is 0 Å². The van der Waals surface area contributed by atoms with Crippen LogP contribution in [-0.2, 0) is 23.5 Å². The van der Waals surface area contributed by atoms with Crippen LogP contribution in [0.15, 0.2) is 41.4 Å². The summed E-state index contributed by atoms with van der Waals surface area (Å²) in [6.07, 6.45) is 2.07. The van der Waals surface area contributed by atoms with Crippen molar-refractivity contribution in [3.05, 3.63) is 47.8 Å². The Bertz CT molecular complexity index is 796. The molecule has 0 aliphatic carbocycles. The van der Waals surface area contributed by atoms with E-state index >= 15 is 0 Å². The molecule has 1 aromatic carbocycles. The maximum absolute atomic E-state index is 12.5. The number of anilines is 1. The van der Waals surface area contributed by atoms with Crippen molar-refractivity contribution in [3.8, 4) is 0 Å². The van der Waals surface area contributed by atoms with Gasteiger partial charge in [-0.3, -0.25) is 14.9 Å². The minimum Gasteiger partial charge on any atom is -0.345 e. The Morgan fingerprint density at radius 1 is 1.32 bits per heavy atom. The number of amides is 1. The molecule has 4 N–H and O–H groups in total. The third kappa shape index (κ3) is 3.12. The van der Waals surface area contributed by atoms with Crippen molar-refractivity contribution in [1.82, 2.24) is 9.99 Å². The first-order valence-corrected chi connectivity index (χ1v) is 8.15. The zero-order valence-corrected chi connectivity index (χ0v) is 13.1. The topological polar surface area (TPSA) is 106 Å². The molecule has 0 fully saturated rings. The lowest BCUT2D eigenvalue weighted by molar-refractivity contribution is 0.0945. The van der Waals surface area contributed by atoms with Crippen molar-refractivity contribution in [3.63, 3.8) is 0 Å². The fourth-order valence-electron chi connectivity index (χ4n) is 2.11. The van der Waals surface area contributed by atoms with E-state index in [0.29, 0.717) is 12.1 Å². The Kier molecular flexibility index (Phi) is 4.53. The summed E-state index contributed by atoms with van der Waals surface area (Å²) in [6.45, 7) is 1.94. The van der Waals surface area contributed by atoms with Gasteiger partial charge in [-0.1, -0.05) is 25.1 Å². The summed E-state index contributed by atoms with van der Waals surface area (Å²) in [5, 5.41) is 0. The number of aromatic nitrogens is 1. The normalized spacial score (nSPS) is 11.2. The number of benzene rings is 1. The fourth-order valence-corrected chi connectivity index (χ4v) is 3.28. The van der Waals surface area contributed by atoms with Crippen LogP contribution in [0.5, 0.6) is 0 Å². The molecule has 0 aliphatic heterocycles. The number of nitrogens with zero attached hydrogens (tertiary/aromatic N) is 1. The zero-order valence-electron chi connectivity index (χ0n) is 12.3. The Morgan fingerprint density at radius 3 is 2.64 bits per heavy atom. The number of para-hydroxylation sites is 1. The third-order valence-corrected chi connectivity index (χ3v) is 4.63. The smallest absolute Gasteiger partial charge is 0.281 e. The van der Waals surface area contributed by atoms with Gasteiger partial charge in [0.15, 0.2) is 0 Å². The van der Waals surface area contributed by atoms with Crippen LogP contribution in [0.1, 0.15) is 23.0 Å². The number of aryl methyl sites for hydroxylation is 2. The van der Waals surface area contributed by atoms with Gasteiger partial charge < -0.3 is 4.57 Å². The lowest BCUT2D eigenvalue weighted by atomic mass is 10.1. The highest BCUT2D eigenvalue weighted by Crippen LogP contribution is 2.21. The summed E-state index contributed by atoms with van der Waals surface area (Å²) in [5.74, 6) is 4.52. The summed E-state index contributed by atoms with van der Waals surface area (Å²) in [6, 6.07) is 8.44. The molecule has 7 nitrogen and oxygen atoms in total. The van der Waals surface area contributed by atoms with Gasteiger partial charge in [-0.25, -0.2) is 14.3 Å². The number of hydrazine groups is 1. The van der Waals surface area contributed by atoms with Gasteiger partial charge in [0.2, 0.25) is 0 Å². The fraction of sp³-hybridized carbons (Fsp3) is 0.214. The van der Waals surface area contributed by atoms with Crippen LogP contribution in [0.4, 0.5) is 5.69 Å². The predicted octanol–water partition coefficient (Wildman–Crippen LogP) is 0.992. The molecule has 0 atom stereocenters. The summed E-state index contributed by atoms with van der Waals surface area (Å²) < 4.78 is 28.9. The van der Waals surface area contributed by atoms with Crippen LogP contribution in [0, 0.1) is 0 Å². The number of nitrogens with two attached hydrogens (primary N) is 1. The molecule has 0 spiro atoms. The quantitative estimate of drug-likeness (QED) is 0.433. The molecule has 0 bridgehead atoms. The second-order valence-electron chi connectivity index (χ2n) is 4.76. The number of carbonyl (C=O) groups is 1. The highest BCUT2D eigenvalue weighted by atomic mass is 32.2. The standard InChI is InChI=1S/C14H18N4O3S/c1-3-10-6-4-5-7-12(10)17-22(20,21)11-8-13(14(19)16-15)18(2)9-11/h4-9,17H,3,15H2,1-2H3,(H,16,19). The monoisotopic (exact) mass is 322 g/mol. The van der Waals surface area contributed by atoms with Gasteiger partial charge in [0.1, 0.15) is 10.6 Å². The summed E-state index contributed by atoms with van der Waals surface area (Å²) in [5.41, 5.74) is 3.56. The van der Waals surface area contributed by atoms with E-state index in [-0.39, 0.29) is 10.6 Å². The summed E-state index contributed by atoms with van der Waals surface area (Å²) in [7, 11) is -2.21. The molecule has 1 aromatic heterocycles. The maximum atomic E-state index is 12.5. The molecule has 0 unspecified atom stereocenters. The van der Waals surface area contributed by atoms with Gasteiger partial charge in [0, 0.05) is 13.2 Å². The van der Waals surface area contributed by atoms with Crippen molar-refractivity contribution in [2.24, 2.45) is 12.9 Å². The van der Waals surface area contributed by atoms with E-state index in [9.17, 15) is 13.2 Å². The number of carbonyl (C=O) groups excluding carboxylic acids is 1. The molecule has 0 aliphatic rings. The van der Waals surface area contributed by atoms with Crippen molar-refractivity contribution < 1.29 is 13.2 Å². The van der Waals surface area contributed by atoms with Crippen molar-refractivity contribution in [2.45, 2.75) is 18.2 Å². The van der Waals surface area contributed by atoms with Crippen LogP contribution in [0.2, 0.25) is 0 Å². The maximum Gasteiger partial charge on any atom is 0.281 e. The second-order valence-corrected chi connectivity index (χ2v) is 6.44. The molecular formula is C14H18N4O3S. The van der Waals surface area contributed by atoms with Gasteiger partial charge in [0.05, 0.1) is 5.69 Å². The van der Waals surface area contributed by atoms with Gasteiger partial charge in [-0.05, 0) is 24.1 Å². The average molecular weight is 322 g/mol. The number of hydrogen-bond acceptors (Lipinski definition) is 4. The Hall–Kier alpha value is -2.32. The first-order valence-electron chi connectivity index (χ1n) is 6.67. The van der Waals surface area contributed by atoms with Crippen LogP contribution in [0.3, 0.4) is 0 Å². The molecule has 2 aromatic rings. The number of nitrogens with one attached hydrogen (secondary N) is 2. The number of hydrogen-bond donors (Lipinski definition) is 3.